The van der Waals surface area contributed by atoms with Gasteiger partial charge in [0.2, 0.25) is 15.8 Å². The molecule has 0 aliphatic heterocycles. The second-order valence-corrected chi connectivity index (χ2v) is 7.31. The monoisotopic (exact) mass is 345 g/mol. The molecule has 0 amide bonds. The highest BCUT2D eigenvalue weighted by molar-refractivity contribution is 7.89. The van der Waals surface area contributed by atoms with Gasteiger partial charge in [0.05, 0.1) is 10.9 Å². The summed E-state index contributed by atoms with van der Waals surface area (Å²) in [7, 11) is -3.90. The Morgan fingerprint density at radius 1 is 1.00 bits per heavy atom. The van der Waals surface area contributed by atoms with Crippen LogP contribution < -0.4 is 4.72 Å². The van der Waals surface area contributed by atoms with Crippen molar-refractivity contribution in [3.05, 3.63) is 65.7 Å². The number of carbonyl (C=O) groups excluding carboxylic acids is 2. The SMILES string of the molecule is CC(=O)C(=O)[C@H](Cc1ccccc1)NS(=O)(=O)c1ccc(C)cc1. The average Bonchev–Trinajstić information content (AvgIpc) is 2.54. The van der Waals surface area contributed by atoms with E-state index in [9.17, 15) is 18.0 Å². The molecule has 5 nitrogen and oxygen atoms in total. The second-order valence-electron chi connectivity index (χ2n) is 5.60. The van der Waals surface area contributed by atoms with Crippen LogP contribution in [0.15, 0.2) is 59.5 Å². The van der Waals surface area contributed by atoms with E-state index in [-0.39, 0.29) is 11.3 Å². The maximum absolute atomic E-state index is 12.5. The van der Waals surface area contributed by atoms with Gasteiger partial charge in [-0.2, -0.15) is 4.72 Å². The highest BCUT2D eigenvalue weighted by atomic mass is 32.2. The molecule has 0 saturated carbocycles. The molecule has 2 rings (SSSR count). The van der Waals surface area contributed by atoms with Crippen molar-refractivity contribution in [1.82, 2.24) is 4.72 Å². The lowest BCUT2D eigenvalue weighted by molar-refractivity contribution is -0.136. The van der Waals surface area contributed by atoms with Gasteiger partial charge in [-0.1, -0.05) is 48.0 Å². The Morgan fingerprint density at radius 2 is 1.58 bits per heavy atom. The summed E-state index contributed by atoms with van der Waals surface area (Å²) in [6, 6.07) is 14.1. The summed E-state index contributed by atoms with van der Waals surface area (Å²) in [6.45, 7) is 2.99. The zero-order valence-electron chi connectivity index (χ0n) is 13.5. The summed E-state index contributed by atoms with van der Waals surface area (Å²) in [5.74, 6) is -1.43. The van der Waals surface area contributed by atoms with Gasteiger partial charge in [0.25, 0.3) is 0 Å². The Hall–Kier alpha value is -2.31. The number of benzene rings is 2. The molecule has 0 unspecified atom stereocenters. The molecule has 2 aromatic rings. The van der Waals surface area contributed by atoms with Crippen molar-refractivity contribution in [2.45, 2.75) is 31.2 Å². The molecule has 0 spiro atoms. The minimum atomic E-state index is -3.90. The van der Waals surface area contributed by atoms with Crippen molar-refractivity contribution in [2.75, 3.05) is 0 Å². The number of rotatable bonds is 7. The lowest BCUT2D eigenvalue weighted by Gasteiger charge is -2.17. The van der Waals surface area contributed by atoms with Crippen molar-refractivity contribution in [2.24, 2.45) is 0 Å². The van der Waals surface area contributed by atoms with E-state index >= 15 is 0 Å². The summed E-state index contributed by atoms with van der Waals surface area (Å²) in [4.78, 5) is 23.6. The summed E-state index contributed by atoms with van der Waals surface area (Å²) < 4.78 is 27.4. The van der Waals surface area contributed by atoms with Gasteiger partial charge in [0.15, 0.2) is 5.78 Å². The van der Waals surface area contributed by atoms with Gasteiger partial charge < -0.3 is 0 Å². The largest absolute Gasteiger partial charge is 0.291 e. The first-order chi connectivity index (χ1) is 11.3. The molecule has 24 heavy (non-hydrogen) atoms. The highest BCUT2D eigenvalue weighted by Crippen LogP contribution is 2.13. The van der Waals surface area contributed by atoms with Gasteiger partial charge in [-0.15, -0.1) is 0 Å². The van der Waals surface area contributed by atoms with Crippen LogP contribution in [-0.4, -0.2) is 26.0 Å². The Bertz CT molecular complexity index is 827. The van der Waals surface area contributed by atoms with Gasteiger partial charge in [0, 0.05) is 6.92 Å². The molecule has 0 heterocycles. The van der Waals surface area contributed by atoms with Crippen LogP contribution >= 0.6 is 0 Å². The van der Waals surface area contributed by atoms with Crippen molar-refractivity contribution < 1.29 is 18.0 Å². The van der Waals surface area contributed by atoms with E-state index in [4.69, 9.17) is 0 Å². The maximum atomic E-state index is 12.5. The fourth-order valence-electron chi connectivity index (χ4n) is 2.26. The number of Topliss-reactive ketones (excluding diaryl/α,β-unsaturated/α-hetero) is 2. The minimum Gasteiger partial charge on any atom is -0.291 e. The van der Waals surface area contributed by atoms with Crippen molar-refractivity contribution in [3.63, 3.8) is 0 Å². The lowest BCUT2D eigenvalue weighted by atomic mass is 10.0. The highest BCUT2D eigenvalue weighted by Gasteiger charge is 2.28. The maximum Gasteiger partial charge on any atom is 0.241 e. The molecule has 0 aliphatic carbocycles. The van der Waals surface area contributed by atoms with Crippen molar-refractivity contribution >= 4 is 21.6 Å². The van der Waals surface area contributed by atoms with Gasteiger partial charge in [-0.05, 0) is 31.0 Å². The Labute approximate surface area is 141 Å². The van der Waals surface area contributed by atoms with E-state index in [1.54, 1.807) is 36.4 Å². The van der Waals surface area contributed by atoms with Crippen LogP contribution in [0.25, 0.3) is 0 Å². The van der Waals surface area contributed by atoms with Crippen molar-refractivity contribution in [1.29, 1.82) is 0 Å². The van der Waals surface area contributed by atoms with E-state index in [0.29, 0.717) is 0 Å². The van der Waals surface area contributed by atoms with Gasteiger partial charge in [-0.25, -0.2) is 8.42 Å². The lowest BCUT2D eigenvalue weighted by Crippen LogP contribution is -2.44. The van der Waals surface area contributed by atoms with Crippen LogP contribution in [0.3, 0.4) is 0 Å². The molecule has 0 radical (unpaired) electrons. The third-order valence-electron chi connectivity index (χ3n) is 3.57. The van der Waals surface area contributed by atoms with Crippen LogP contribution in [0.2, 0.25) is 0 Å². The number of aryl methyl sites for hydroxylation is 1. The van der Waals surface area contributed by atoms with Crippen LogP contribution in [0.5, 0.6) is 0 Å². The predicted molar refractivity (Wildman–Crippen MR) is 91.1 cm³/mol. The Balaban J connectivity index is 2.28. The topological polar surface area (TPSA) is 80.3 Å². The van der Waals surface area contributed by atoms with Crippen LogP contribution in [0.4, 0.5) is 0 Å². The zero-order chi connectivity index (χ0) is 17.7. The first-order valence-electron chi connectivity index (χ1n) is 7.47. The number of nitrogens with one attached hydrogen (secondary N) is 1. The van der Waals surface area contributed by atoms with E-state index in [1.807, 2.05) is 13.0 Å². The van der Waals surface area contributed by atoms with E-state index in [1.165, 1.54) is 12.1 Å². The smallest absolute Gasteiger partial charge is 0.241 e. The summed E-state index contributed by atoms with van der Waals surface area (Å²) >= 11 is 0. The molecule has 1 atom stereocenters. The number of carbonyl (C=O) groups is 2. The van der Waals surface area contributed by atoms with E-state index < -0.39 is 27.6 Å². The zero-order valence-corrected chi connectivity index (χ0v) is 14.3. The molecule has 0 aromatic heterocycles. The predicted octanol–water partition coefficient (Wildman–Crippen LogP) is 2.04. The molecular weight excluding hydrogens is 326 g/mol. The van der Waals surface area contributed by atoms with Crippen molar-refractivity contribution in [3.8, 4) is 0 Å². The van der Waals surface area contributed by atoms with Crippen LogP contribution in [0, 0.1) is 6.92 Å². The molecule has 1 N–H and O–H groups in total. The molecule has 126 valence electrons. The van der Waals surface area contributed by atoms with Gasteiger partial charge in [0.1, 0.15) is 0 Å². The van der Waals surface area contributed by atoms with Crippen LogP contribution in [-0.2, 0) is 26.0 Å². The normalized spacial score (nSPS) is 12.6. The fraction of sp³-hybridized carbons (Fsp3) is 0.222. The van der Waals surface area contributed by atoms with Crippen LogP contribution in [0.1, 0.15) is 18.1 Å². The Morgan fingerprint density at radius 3 is 2.12 bits per heavy atom. The first kappa shape index (κ1) is 18.0. The third-order valence-corrected chi connectivity index (χ3v) is 5.06. The third kappa shape index (κ3) is 4.59. The molecule has 2 aromatic carbocycles. The summed E-state index contributed by atoms with van der Waals surface area (Å²) in [6.07, 6.45) is 0.115. The fourth-order valence-corrected chi connectivity index (χ4v) is 3.45. The number of sulfonamides is 1. The quantitative estimate of drug-likeness (QED) is 0.779. The van der Waals surface area contributed by atoms with Gasteiger partial charge >= 0.3 is 0 Å². The molecule has 0 saturated heterocycles. The summed E-state index contributed by atoms with van der Waals surface area (Å²) in [5.41, 5.74) is 1.69. The second kappa shape index (κ2) is 7.51. The summed E-state index contributed by atoms with van der Waals surface area (Å²) in [5, 5.41) is 0. The van der Waals surface area contributed by atoms with E-state index in [0.717, 1.165) is 18.1 Å². The van der Waals surface area contributed by atoms with Gasteiger partial charge in [-0.3, -0.25) is 9.59 Å². The molecule has 0 aliphatic rings. The average molecular weight is 345 g/mol. The number of hydrogen-bond donors (Lipinski definition) is 1. The Kier molecular flexibility index (Phi) is 5.64. The first-order valence-corrected chi connectivity index (χ1v) is 8.95. The molecule has 0 fully saturated rings. The molecule has 0 bridgehead atoms. The number of hydrogen-bond acceptors (Lipinski definition) is 4. The molecule has 6 heteroatoms. The minimum absolute atomic E-state index is 0.0579. The molecular formula is C18H19NO4S. The number of ketones is 2. The standard InChI is InChI=1S/C18H19NO4S/c1-13-8-10-16(11-9-13)24(22,23)19-17(18(21)14(2)20)12-15-6-4-3-5-7-15/h3-11,17,19H,12H2,1-2H3/t17-/m0/s1. The van der Waals surface area contributed by atoms with E-state index in [2.05, 4.69) is 4.72 Å².